The molecule has 108 valence electrons. The van der Waals surface area contributed by atoms with E-state index < -0.39 is 0 Å². The minimum absolute atomic E-state index is 0.593. The molecule has 0 saturated carbocycles. The maximum absolute atomic E-state index is 5.42. The monoisotopic (exact) mass is 278 g/mol. The molecule has 6 nitrogen and oxygen atoms in total. The molecule has 2 rings (SSSR count). The van der Waals surface area contributed by atoms with E-state index in [-0.39, 0.29) is 0 Å². The summed E-state index contributed by atoms with van der Waals surface area (Å²) in [5.74, 6) is 1.90. The number of nitrogens with zero attached hydrogens (tertiary/aromatic N) is 1. The molecule has 0 atom stereocenters. The van der Waals surface area contributed by atoms with Gasteiger partial charge in [-0.25, -0.2) is 4.98 Å². The maximum Gasteiger partial charge on any atom is 0.203 e. The Morgan fingerprint density at radius 2 is 1.85 bits per heavy atom. The van der Waals surface area contributed by atoms with Crippen LogP contribution >= 0.6 is 0 Å². The highest BCUT2D eigenvalue weighted by Crippen LogP contribution is 2.39. The number of rotatable bonds is 7. The molecule has 0 aliphatic heterocycles. The summed E-state index contributed by atoms with van der Waals surface area (Å²) in [7, 11) is 4.80. The molecule has 0 bridgehead atoms. The second kappa shape index (κ2) is 6.81. The van der Waals surface area contributed by atoms with Crippen LogP contribution in [0.3, 0.4) is 0 Å². The van der Waals surface area contributed by atoms with Crippen molar-refractivity contribution in [2.24, 2.45) is 0 Å². The normalized spacial score (nSPS) is 10.3. The van der Waals surface area contributed by atoms with Crippen molar-refractivity contribution in [3.8, 4) is 17.2 Å². The number of methoxy groups -OCH3 is 3. The zero-order chi connectivity index (χ0) is 14.4. The molecule has 0 spiro atoms. The van der Waals surface area contributed by atoms with E-state index in [1.165, 1.54) is 6.39 Å². The summed E-state index contributed by atoms with van der Waals surface area (Å²) < 4.78 is 20.9. The molecule has 0 unspecified atom stereocenters. The lowest BCUT2D eigenvalue weighted by Crippen LogP contribution is -2.14. The number of benzene rings is 1. The van der Waals surface area contributed by atoms with Crippen LogP contribution in [-0.4, -0.2) is 26.3 Å². The number of oxazole rings is 1. The molecular weight excluding hydrogens is 260 g/mol. The highest BCUT2D eigenvalue weighted by molar-refractivity contribution is 5.55. The molecule has 1 N–H and O–H groups in total. The summed E-state index contributed by atoms with van der Waals surface area (Å²) in [6, 6.07) is 3.80. The zero-order valence-corrected chi connectivity index (χ0v) is 11.8. The standard InChI is InChI=1S/C14H18N2O4/c1-17-12-5-4-10(13(18-2)14(12)19-3)6-15-7-11-8-20-9-16-11/h4-5,8-9,15H,6-7H2,1-3H3. The van der Waals surface area contributed by atoms with Crippen LogP contribution in [0.15, 0.2) is 29.2 Å². The average molecular weight is 278 g/mol. The SMILES string of the molecule is COc1ccc(CNCc2cocn2)c(OC)c1OC. The van der Waals surface area contributed by atoms with Gasteiger partial charge in [0.1, 0.15) is 6.26 Å². The van der Waals surface area contributed by atoms with Crippen LogP contribution in [0.4, 0.5) is 0 Å². The van der Waals surface area contributed by atoms with Crippen molar-refractivity contribution in [3.05, 3.63) is 36.0 Å². The third-order valence-corrected chi connectivity index (χ3v) is 2.89. The minimum Gasteiger partial charge on any atom is -0.493 e. The first-order chi connectivity index (χ1) is 9.80. The fraction of sp³-hybridized carbons (Fsp3) is 0.357. The lowest BCUT2D eigenvalue weighted by Gasteiger charge is -2.15. The Morgan fingerprint density at radius 1 is 1.05 bits per heavy atom. The Kier molecular flexibility index (Phi) is 4.84. The summed E-state index contributed by atoms with van der Waals surface area (Å²) >= 11 is 0. The number of aromatic nitrogens is 1. The average Bonchev–Trinajstić information content (AvgIpc) is 2.99. The van der Waals surface area contributed by atoms with Gasteiger partial charge in [-0.05, 0) is 6.07 Å². The molecule has 0 saturated heterocycles. The molecule has 2 aromatic rings. The Morgan fingerprint density at radius 3 is 2.45 bits per heavy atom. The molecule has 0 radical (unpaired) electrons. The van der Waals surface area contributed by atoms with Gasteiger partial charge in [0.05, 0.1) is 27.0 Å². The molecule has 0 aliphatic carbocycles. The van der Waals surface area contributed by atoms with Crippen LogP contribution in [0.2, 0.25) is 0 Å². The van der Waals surface area contributed by atoms with Gasteiger partial charge in [-0.1, -0.05) is 6.07 Å². The van der Waals surface area contributed by atoms with Crippen molar-refractivity contribution in [1.82, 2.24) is 10.3 Å². The van der Waals surface area contributed by atoms with Crippen LogP contribution in [0.1, 0.15) is 11.3 Å². The first-order valence-corrected chi connectivity index (χ1v) is 6.15. The highest BCUT2D eigenvalue weighted by atomic mass is 16.5. The quantitative estimate of drug-likeness (QED) is 0.835. The first-order valence-electron chi connectivity index (χ1n) is 6.15. The summed E-state index contributed by atoms with van der Waals surface area (Å²) in [5, 5.41) is 3.27. The van der Waals surface area contributed by atoms with Crippen molar-refractivity contribution in [2.75, 3.05) is 21.3 Å². The molecule has 1 aromatic carbocycles. The van der Waals surface area contributed by atoms with Gasteiger partial charge in [0.15, 0.2) is 17.9 Å². The van der Waals surface area contributed by atoms with Crippen molar-refractivity contribution < 1.29 is 18.6 Å². The van der Waals surface area contributed by atoms with Crippen LogP contribution in [0.25, 0.3) is 0 Å². The smallest absolute Gasteiger partial charge is 0.203 e. The molecular formula is C14H18N2O4. The second-order valence-corrected chi connectivity index (χ2v) is 4.08. The molecule has 0 aliphatic rings. The fourth-order valence-electron chi connectivity index (χ4n) is 1.95. The summed E-state index contributed by atoms with van der Waals surface area (Å²) in [5.41, 5.74) is 1.83. The zero-order valence-electron chi connectivity index (χ0n) is 11.8. The predicted molar refractivity (Wildman–Crippen MR) is 73.1 cm³/mol. The van der Waals surface area contributed by atoms with Crippen LogP contribution in [-0.2, 0) is 13.1 Å². The first kappa shape index (κ1) is 14.2. The minimum atomic E-state index is 0.593. The van der Waals surface area contributed by atoms with Crippen molar-refractivity contribution >= 4 is 0 Å². The Balaban J connectivity index is 2.10. The largest absolute Gasteiger partial charge is 0.493 e. The summed E-state index contributed by atoms with van der Waals surface area (Å²) in [6.45, 7) is 1.24. The van der Waals surface area contributed by atoms with Gasteiger partial charge in [-0.15, -0.1) is 0 Å². The van der Waals surface area contributed by atoms with Gasteiger partial charge < -0.3 is 23.9 Å². The third-order valence-electron chi connectivity index (χ3n) is 2.89. The van der Waals surface area contributed by atoms with E-state index in [1.807, 2.05) is 12.1 Å². The highest BCUT2D eigenvalue weighted by Gasteiger charge is 2.15. The Labute approximate surface area is 117 Å². The van der Waals surface area contributed by atoms with E-state index in [0.29, 0.717) is 30.3 Å². The van der Waals surface area contributed by atoms with Gasteiger partial charge in [0.2, 0.25) is 5.75 Å². The number of hydrogen-bond acceptors (Lipinski definition) is 6. The molecule has 6 heteroatoms. The van der Waals surface area contributed by atoms with E-state index >= 15 is 0 Å². The van der Waals surface area contributed by atoms with Crippen LogP contribution in [0, 0.1) is 0 Å². The van der Waals surface area contributed by atoms with E-state index in [0.717, 1.165) is 11.3 Å². The van der Waals surface area contributed by atoms with E-state index in [1.54, 1.807) is 27.6 Å². The third kappa shape index (κ3) is 3.03. The predicted octanol–water partition coefficient (Wildman–Crippen LogP) is 1.99. The molecule has 1 heterocycles. The maximum atomic E-state index is 5.42. The Hall–Kier alpha value is -2.21. The van der Waals surface area contributed by atoms with Crippen LogP contribution < -0.4 is 19.5 Å². The van der Waals surface area contributed by atoms with Gasteiger partial charge in [0.25, 0.3) is 0 Å². The molecule has 20 heavy (non-hydrogen) atoms. The molecule has 1 aromatic heterocycles. The van der Waals surface area contributed by atoms with Gasteiger partial charge in [-0.3, -0.25) is 0 Å². The van der Waals surface area contributed by atoms with E-state index in [2.05, 4.69) is 10.3 Å². The van der Waals surface area contributed by atoms with Gasteiger partial charge >= 0.3 is 0 Å². The van der Waals surface area contributed by atoms with Crippen LogP contribution in [0.5, 0.6) is 17.2 Å². The second-order valence-electron chi connectivity index (χ2n) is 4.08. The van der Waals surface area contributed by atoms with E-state index in [9.17, 15) is 0 Å². The van der Waals surface area contributed by atoms with Crippen molar-refractivity contribution in [2.45, 2.75) is 13.1 Å². The van der Waals surface area contributed by atoms with Crippen molar-refractivity contribution in [1.29, 1.82) is 0 Å². The van der Waals surface area contributed by atoms with E-state index in [4.69, 9.17) is 18.6 Å². The lowest BCUT2D eigenvalue weighted by atomic mass is 10.1. The number of ether oxygens (including phenoxy) is 3. The van der Waals surface area contributed by atoms with Crippen molar-refractivity contribution in [3.63, 3.8) is 0 Å². The topological polar surface area (TPSA) is 65.8 Å². The molecule has 0 amide bonds. The van der Waals surface area contributed by atoms with Gasteiger partial charge in [-0.2, -0.15) is 0 Å². The summed E-state index contributed by atoms with van der Waals surface area (Å²) in [4.78, 5) is 4.05. The number of hydrogen-bond donors (Lipinski definition) is 1. The number of nitrogens with one attached hydrogen (secondary N) is 1. The lowest BCUT2D eigenvalue weighted by molar-refractivity contribution is 0.321. The fourth-order valence-corrected chi connectivity index (χ4v) is 1.95. The summed E-state index contributed by atoms with van der Waals surface area (Å²) in [6.07, 6.45) is 3.02. The molecule has 0 fully saturated rings. The Bertz CT molecular complexity index is 540. The van der Waals surface area contributed by atoms with Gasteiger partial charge in [0, 0.05) is 18.7 Å².